The van der Waals surface area contributed by atoms with Gasteiger partial charge in [-0.2, -0.15) is 0 Å². The molecule has 2 N–H and O–H groups in total. The van der Waals surface area contributed by atoms with Crippen molar-refractivity contribution in [1.29, 1.82) is 0 Å². The summed E-state index contributed by atoms with van der Waals surface area (Å²) in [5.74, 6) is -0.0517. The van der Waals surface area contributed by atoms with Crippen molar-refractivity contribution in [3.8, 4) is 0 Å². The van der Waals surface area contributed by atoms with Crippen molar-refractivity contribution in [2.24, 2.45) is 5.92 Å². The van der Waals surface area contributed by atoms with Crippen molar-refractivity contribution >= 4 is 17.5 Å². The first-order chi connectivity index (χ1) is 8.62. The molecule has 4 nitrogen and oxygen atoms in total. The van der Waals surface area contributed by atoms with Crippen molar-refractivity contribution in [3.05, 3.63) is 29.8 Å². The number of carbonyl (C=O) groups is 2. The number of carbonyl (C=O) groups excluding carboxylic acids is 2. The highest BCUT2D eigenvalue weighted by molar-refractivity contribution is 5.96. The average molecular weight is 248 g/mol. The Balaban J connectivity index is 2.69. The molecule has 4 heteroatoms. The fourth-order valence-corrected chi connectivity index (χ4v) is 1.75. The maximum atomic E-state index is 11.9. The van der Waals surface area contributed by atoms with E-state index in [-0.39, 0.29) is 17.7 Å². The van der Waals surface area contributed by atoms with Gasteiger partial charge in [0, 0.05) is 24.2 Å². The van der Waals surface area contributed by atoms with Crippen molar-refractivity contribution in [3.63, 3.8) is 0 Å². The van der Waals surface area contributed by atoms with Gasteiger partial charge in [-0.15, -0.1) is 0 Å². The van der Waals surface area contributed by atoms with Gasteiger partial charge >= 0.3 is 0 Å². The van der Waals surface area contributed by atoms with Crippen LogP contribution in [0.4, 0.5) is 5.69 Å². The molecule has 0 saturated heterocycles. The zero-order valence-corrected chi connectivity index (χ0v) is 11.1. The van der Waals surface area contributed by atoms with Gasteiger partial charge in [-0.1, -0.05) is 13.8 Å². The molecule has 0 aliphatic heterocycles. The minimum Gasteiger partial charge on any atom is -0.355 e. The monoisotopic (exact) mass is 248 g/mol. The molecule has 0 spiro atoms. The molecular formula is C14H20N2O2. The van der Waals surface area contributed by atoms with Crippen LogP contribution >= 0.6 is 0 Å². The Kier molecular flexibility index (Phi) is 5.36. The SMILES string of the molecule is CCC(CC)C(=O)Nc1ccc(C(=O)NC)cc1. The fraction of sp³-hybridized carbons (Fsp3) is 0.429. The van der Waals surface area contributed by atoms with Gasteiger partial charge < -0.3 is 10.6 Å². The van der Waals surface area contributed by atoms with Crippen molar-refractivity contribution in [1.82, 2.24) is 5.32 Å². The predicted molar refractivity (Wildman–Crippen MR) is 72.5 cm³/mol. The van der Waals surface area contributed by atoms with E-state index >= 15 is 0 Å². The first kappa shape index (κ1) is 14.2. The highest BCUT2D eigenvalue weighted by Crippen LogP contribution is 2.14. The van der Waals surface area contributed by atoms with Gasteiger partial charge in [0.15, 0.2) is 0 Å². The Morgan fingerprint density at radius 2 is 1.67 bits per heavy atom. The van der Waals surface area contributed by atoms with E-state index in [0.29, 0.717) is 5.56 Å². The van der Waals surface area contributed by atoms with Gasteiger partial charge in [0.25, 0.3) is 5.91 Å². The lowest BCUT2D eigenvalue weighted by atomic mass is 10.0. The van der Waals surface area contributed by atoms with Gasteiger partial charge in [-0.3, -0.25) is 9.59 Å². The van der Waals surface area contributed by atoms with E-state index in [4.69, 9.17) is 0 Å². The summed E-state index contributed by atoms with van der Waals surface area (Å²) in [7, 11) is 1.59. The topological polar surface area (TPSA) is 58.2 Å². The molecule has 1 rings (SSSR count). The molecule has 0 aromatic heterocycles. The number of hydrogen-bond acceptors (Lipinski definition) is 2. The van der Waals surface area contributed by atoms with Crippen LogP contribution in [0.1, 0.15) is 37.0 Å². The summed E-state index contributed by atoms with van der Waals surface area (Å²) in [5, 5.41) is 5.41. The van der Waals surface area contributed by atoms with E-state index in [2.05, 4.69) is 10.6 Å². The quantitative estimate of drug-likeness (QED) is 0.840. The number of amides is 2. The Labute approximate surface area is 108 Å². The maximum Gasteiger partial charge on any atom is 0.251 e. The van der Waals surface area contributed by atoms with Crippen LogP contribution in [-0.2, 0) is 4.79 Å². The van der Waals surface area contributed by atoms with Crippen LogP contribution in [0.25, 0.3) is 0 Å². The van der Waals surface area contributed by atoms with E-state index in [1.54, 1.807) is 31.3 Å². The molecule has 0 radical (unpaired) electrons. The Bertz CT molecular complexity index is 408. The Hall–Kier alpha value is -1.84. The van der Waals surface area contributed by atoms with Crippen LogP contribution < -0.4 is 10.6 Å². The lowest BCUT2D eigenvalue weighted by Crippen LogP contribution is -2.22. The standard InChI is InChI=1S/C14H20N2O2/c1-4-10(5-2)14(18)16-12-8-6-11(7-9-12)13(17)15-3/h6-10H,4-5H2,1-3H3,(H,15,17)(H,16,18). The third kappa shape index (κ3) is 3.58. The molecule has 0 saturated carbocycles. The molecule has 0 fully saturated rings. The third-order valence-corrected chi connectivity index (χ3v) is 3.00. The summed E-state index contributed by atoms with van der Waals surface area (Å²) in [6, 6.07) is 6.87. The van der Waals surface area contributed by atoms with Gasteiger partial charge in [0.05, 0.1) is 0 Å². The third-order valence-electron chi connectivity index (χ3n) is 3.00. The maximum absolute atomic E-state index is 11.9. The summed E-state index contributed by atoms with van der Waals surface area (Å²) in [4.78, 5) is 23.2. The lowest BCUT2D eigenvalue weighted by Gasteiger charge is -2.12. The summed E-state index contributed by atoms with van der Waals surface area (Å²) in [5.41, 5.74) is 1.30. The van der Waals surface area contributed by atoms with Crippen LogP contribution in [0.5, 0.6) is 0 Å². The zero-order chi connectivity index (χ0) is 13.5. The lowest BCUT2D eigenvalue weighted by molar-refractivity contribution is -0.120. The highest BCUT2D eigenvalue weighted by atomic mass is 16.2. The second kappa shape index (κ2) is 6.79. The van der Waals surface area contributed by atoms with Crippen LogP contribution in [-0.4, -0.2) is 18.9 Å². The molecule has 0 bridgehead atoms. The minimum atomic E-state index is -0.132. The first-order valence-corrected chi connectivity index (χ1v) is 6.25. The highest BCUT2D eigenvalue weighted by Gasteiger charge is 2.14. The Morgan fingerprint density at radius 3 is 2.11 bits per heavy atom. The normalized spacial score (nSPS) is 10.2. The molecule has 0 aliphatic carbocycles. The van der Waals surface area contributed by atoms with Gasteiger partial charge in [-0.25, -0.2) is 0 Å². The number of hydrogen-bond donors (Lipinski definition) is 2. The smallest absolute Gasteiger partial charge is 0.251 e. The molecular weight excluding hydrogens is 228 g/mol. The van der Waals surface area contributed by atoms with Gasteiger partial charge in [0.2, 0.25) is 5.91 Å². The molecule has 1 aromatic carbocycles. The molecule has 2 amide bonds. The second-order valence-corrected chi connectivity index (χ2v) is 4.16. The van der Waals surface area contributed by atoms with E-state index in [9.17, 15) is 9.59 Å². The predicted octanol–water partition coefficient (Wildman–Crippen LogP) is 2.42. The van der Waals surface area contributed by atoms with E-state index in [1.165, 1.54) is 0 Å². The molecule has 18 heavy (non-hydrogen) atoms. The van der Waals surface area contributed by atoms with Crippen LogP contribution in [0.2, 0.25) is 0 Å². The van der Waals surface area contributed by atoms with Crippen molar-refractivity contribution in [2.45, 2.75) is 26.7 Å². The summed E-state index contributed by atoms with van der Waals surface area (Å²) in [6.07, 6.45) is 1.66. The number of benzene rings is 1. The molecule has 0 heterocycles. The summed E-state index contributed by atoms with van der Waals surface area (Å²) < 4.78 is 0. The minimum absolute atomic E-state index is 0.0349. The first-order valence-electron chi connectivity index (χ1n) is 6.25. The summed E-state index contributed by atoms with van der Waals surface area (Å²) >= 11 is 0. The van der Waals surface area contributed by atoms with E-state index < -0.39 is 0 Å². The fourth-order valence-electron chi connectivity index (χ4n) is 1.75. The second-order valence-electron chi connectivity index (χ2n) is 4.16. The number of nitrogens with one attached hydrogen (secondary N) is 2. The molecule has 98 valence electrons. The van der Waals surface area contributed by atoms with Crippen LogP contribution in [0.15, 0.2) is 24.3 Å². The molecule has 0 unspecified atom stereocenters. The zero-order valence-electron chi connectivity index (χ0n) is 11.1. The molecule has 0 aliphatic rings. The van der Waals surface area contributed by atoms with Gasteiger partial charge in [0.1, 0.15) is 0 Å². The van der Waals surface area contributed by atoms with Crippen molar-refractivity contribution in [2.75, 3.05) is 12.4 Å². The molecule has 1 aromatic rings. The Morgan fingerprint density at radius 1 is 1.11 bits per heavy atom. The van der Waals surface area contributed by atoms with Crippen molar-refractivity contribution < 1.29 is 9.59 Å². The number of anilines is 1. The summed E-state index contributed by atoms with van der Waals surface area (Å²) in [6.45, 7) is 4.00. The van der Waals surface area contributed by atoms with Gasteiger partial charge in [-0.05, 0) is 37.1 Å². The van der Waals surface area contributed by atoms with E-state index in [1.807, 2.05) is 13.8 Å². The average Bonchev–Trinajstić information content (AvgIpc) is 2.40. The van der Waals surface area contributed by atoms with Crippen LogP contribution in [0, 0.1) is 5.92 Å². The largest absolute Gasteiger partial charge is 0.355 e. The van der Waals surface area contributed by atoms with E-state index in [0.717, 1.165) is 18.5 Å². The van der Waals surface area contributed by atoms with Crippen LogP contribution in [0.3, 0.4) is 0 Å². The molecule has 0 atom stereocenters. The number of rotatable bonds is 5.